The number of amides is 2. The van der Waals surface area contributed by atoms with Crippen molar-refractivity contribution in [3.63, 3.8) is 0 Å². The van der Waals surface area contributed by atoms with Crippen molar-refractivity contribution < 1.29 is 14.0 Å². The molecule has 2 aliphatic rings. The van der Waals surface area contributed by atoms with Crippen LogP contribution < -0.4 is 11.1 Å². The van der Waals surface area contributed by atoms with E-state index in [9.17, 15) is 14.0 Å². The molecule has 24 heavy (non-hydrogen) atoms. The predicted octanol–water partition coefficient (Wildman–Crippen LogP) is 1.21. The second kappa shape index (κ2) is 7.30. The van der Waals surface area contributed by atoms with E-state index >= 15 is 0 Å². The fraction of sp³-hybridized carbons (Fsp3) is 0.556. The van der Waals surface area contributed by atoms with Gasteiger partial charge in [0.05, 0.1) is 6.54 Å². The van der Waals surface area contributed by atoms with Gasteiger partial charge in [-0.3, -0.25) is 9.59 Å². The lowest BCUT2D eigenvalue weighted by atomic mass is 9.84. The maximum Gasteiger partial charge on any atom is 0.245 e. The molecule has 5 nitrogen and oxygen atoms in total. The van der Waals surface area contributed by atoms with E-state index in [4.69, 9.17) is 5.73 Å². The van der Waals surface area contributed by atoms with Crippen molar-refractivity contribution in [2.45, 2.75) is 44.2 Å². The van der Waals surface area contributed by atoms with Gasteiger partial charge in [-0.1, -0.05) is 25.0 Å². The molecule has 0 bridgehead atoms. The monoisotopic (exact) mass is 333 g/mol. The van der Waals surface area contributed by atoms with Crippen LogP contribution in [0.4, 0.5) is 4.39 Å². The van der Waals surface area contributed by atoms with Crippen molar-refractivity contribution >= 4 is 11.8 Å². The number of hydrogen-bond donors (Lipinski definition) is 2. The van der Waals surface area contributed by atoms with Crippen LogP contribution in [0.2, 0.25) is 0 Å². The summed E-state index contributed by atoms with van der Waals surface area (Å²) in [6.45, 7) is 0.648. The summed E-state index contributed by atoms with van der Waals surface area (Å²) in [7, 11) is 0. The van der Waals surface area contributed by atoms with Crippen LogP contribution in [-0.4, -0.2) is 41.9 Å². The molecule has 2 amide bonds. The molecule has 130 valence electrons. The van der Waals surface area contributed by atoms with Crippen LogP contribution >= 0.6 is 0 Å². The molecule has 1 saturated carbocycles. The Morgan fingerprint density at radius 3 is 2.58 bits per heavy atom. The van der Waals surface area contributed by atoms with Crippen molar-refractivity contribution in [1.29, 1.82) is 0 Å². The average Bonchev–Trinajstić information content (AvgIpc) is 2.56. The maximum absolute atomic E-state index is 13.0. The molecule has 2 fully saturated rings. The normalized spacial score (nSPS) is 27.9. The molecular formula is C18H24FN3O2. The van der Waals surface area contributed by atoms with Gasteiger partial charge in [0.2, 0.25) is 11.8 Å². The van der Waals surface area contributed by atoms with Gasteiger partial charge in [0.25, 0.3) is 0 Å². The summed E-state index contributed by atoms with van der Waals surface area (Å²) >= 11 is 0. The van der Waals surface area contributed by atoms with Crippen LogP contribution in [0.15, 0.2) is 24.3 Å². The molecule has 1 aromatic carbocycles. The Hall–Kier alpha value is -1.95. The van der Waals surface area contributed by atoms with E-state index in [0.717, 1.165) is 31.2 Å². The van der Waals surface area contributed by atoms with Crippen molar-refractivity contribution in [3.8, 4) is 0 Å². The molecule has 1 aromatic rings. The summed E-state index contributed by atoms with van der Waals surface area (Å²) < 4.78 is 13.0. The molecule has 1 saturated heterocycles. The number of nitrogens with zero attached hydrogens (tertiary/aromatic N) is 1. The Labute approximate surface area is 141 Å². The third kappa shape index (κ3) is 3.93. The first-order valence-corrected chi connectivity index (χ1v) is 8.61. The second-order valence-corrected chi connectivity index (χ2v) is 6.88. The lowest BCUT2D eigenvalue weighted by molar-refractivity contribution is -0.145. The molecule has 0 unspecified atom stereocenters. The van der Waals surface area contributed by atoms with Crippen LogP contribution in [0.25, 0.3) is 0 Å². The molecule has 1 aliphatic carbocycles. The summed E-state index contributed by atoms with van der Waals surface area (Å²) in [5, 5.41) is 2.75. The summed E-state index contributed by atoms with van der Waals surface area (Å²) in [5.74, 6) is -0.270. The van der Waals surface area contributed by atoms with Crippen molar-refractivity contribution in [3.05, 3.63) is 35.6 Å². The SMILES string of the molecule is N[C@@H]1CCCC[C@@H]1CN1CC(=O)N[C@@H](Cc2ccc(F)cc2)C1=O. The Morgan fingerprint density at radius 1 is 1.17 bits per heavy atom. The van der Waals surface area contributed by atoms with Crippen LogP contribution in [0.1, 0.15) is 31.2 Å². The minimum absolute atomic E-state index is 0.0725. The highest BCUT2D eigenvalue weighted by atomic mass is 19.1. The third-order valence-electron chi connectivity index (χ3n) is 5.06. The molecule has 3 rings (SSSR count). The Morgan fingerprint density at radius 2 is 1.88 bits per heavy atom. The highest BCUT2D eigenvalue weighted by molar-refractivity contribution is 5.95. The molecule has 3 N–H and O–H groups in total. The van der Waals surface area contributed by atoms with Crippen molar-refractivity contribution in [2.24, 2.45) is 11.7 Å². The fourth-order valence-corrected chi connectivity index (χ4v) is 3.67. The maximum atomic E-state index is 13.0. The lowest BCUT2D eigenvalue weighted by Crippen LogP contribution is -2.60. The molecule has 0 radical (unpaired) electrons. The highest BCUT2D eigenvalue weighted by Gasteiger charge is 2.35. The number of nitrogens with two attached hydrogens (primary N) is 1. The number of benzene rings is 1. The van der Waals surface area contributed by atoms with E-state index in [1.54, 1.807) is 17.0 Å². The second-order valence-electron chi connectivity index (χ2n) is 6.88. The third-order valence-corrected chi connectivity index (χ3v) is 5.06. The number of piperazine rings is 1. The average molecular weight is 333 g/mol. The Kier molecular flexibility index (Phi) is 5.14. The molecule has 1 aliphatic heterocycles. The smallest absolute Gasteiger partial charge is 0.245 e. The van der Waals surface area contributed by atoms with Gasteiger partial charge in [-0.2, -0.15) is 0 Å². The number of nitrogens with one attached hydrogen (secondary N) is 1. The quantitative estimate of drug-likeness (QED) is 0.870. The van der Waals surface area contributed by atoms with Crippen molar-refractivity contribution in [1.82, 2.24) is 10.2 Å². The minimum atomic E-state index is -0.587. The van der Waals surface area contributed by atoms with Crippen LogP contribution in [0, 0.1) is 11.7 Å². The zero-order chi connectivity index (χ0) is 17.1. The van der Waals surface area contributed by atoms with Gasteiger partial charge in [-0.25, -0.2) is 4.39 Å². The summed E-state index contributed by atoms with van der Waals surface area (Å²) in [6.07, 6.45) is 4.63. The first-order valence-electron chi connectivity index (χ1n) is 8.61. The van der Waals surface area contributed by atoms with E-state index in [2.05, 4.69) is 5.32 Å². The molecule has 0 aromatic heterocycles. The topological polar surface area (TPSA) is 75.4 Å². The molecule has 0 spiro atoms. The zero-order valence-corrected chi connectivity index (χ0v) is 13.7. The lowest BCUT2D eigenvalue weighted by Gasteiger charge is -2.37. The molecule has 3 atom stereocenters. The predicted molar refractivity (Wildman–Crippen MR) is 88.5 cm³/mol. The first kappa shape index (κ1) is 16.9. The van der Waals surface area contributed by atoms with Crippen LogP contribution in [-0.2, 0) is 16.0 Å². The number of halogens is 1. The fourth-order valence-electron chi connectivity index (χ4n) is 3.67. The number of carbonyl (C=O) groups is 2. The van der Waals surface area contributed by atoms with Crippen LogP contribution in [0.5, 0.6) is 0 Å². The van der Waals surface area contributed by atoms with Crippen LogP contribution in [0.3, 0.4) is 0 Å². The number of carbonyl (C=O) groups excluding carboxylic acids is 2. The molecule has 6 heteroatoms. The van der Waals surface area contributed by atoms with Gasteiger partial charge in [0.1, 0.15) is 11.9 Å². The zero-order valence-electron chi connectivity index (χ0n) is 13.7. The van der Waals surface area contributed by atoms with E-state index in [1.807, 2.05) is 0 Å². The van der Waals surface area contributed by atoms with Crippen molar-refractivity contribution in [2.75, 3.05) is 13.1 Å². The summed E-state index contributed by atoms with van der Waals surface area (Å²) in [6, 6.07) is 5.53. The Balaban J connectivity index is 1.66. The highest BCUT2D eigenvalue weighted by Crippen LogP contribution is 2.24. The van der Waals surface area contributed by atoms with Gasteiger partial charge in [0, 0.05) is 19.0 Å². The first-order chi connectivity index (χ1) is 11.5. The molecular weight excluding hydrogens is 309 g/mol. The van der Waals surface area contributed by atoms with Gasteiger partial charge >= 0.3 is 0 Å². The minimum Gasteiger partial charge on any atom is -0.342 e. The summed E-state index contributed by atoms with van der Waals surface area (Å²) in [5.41, 5.74) is 7.00. The summed E-state index contributed by atoms with van der Waals surface area (Å²) in [4.78, 5) is 26.4. The number of rotatable bonds is 4. The van der Waals surface area contributed by atoms with Gasteiger partial charge in [-0.15, -0.1) is 0 Å². The largest absolute Gasteiger partial charge is 0.342 e. The van der Waals surface area contributed by atoms with Gasteiger partial charge in [-0.05, 0) is 36.5 Å². The van der Waals surface area contributed by atoms with E-state index in [-0.39, 0.29) is 36.1 Å². The Bertz CT molecular complexity index is 605. The number of hydrogen-bond acceptors (Lipinski definition) is 3. The molecule has 1 heterocycles. The standard InChI is InChI=1S/C18H24FN3O2/c19-14-7-5-12(6-8-14)9-16-18(24)22(11-17(23)21-16)10-13-3-1-2-4-15(13)20/h5-8,13,15-16H,1-4,9-11,20H2,(H,21,23)/t13-,15-,16+/m1/s1. The van der Waals surface area contributed by atoms with E-state index < -0.39 is 6.04 Å². The van der Waals surface area contributed by atoms with Gasteiger partial charge < -0.3 is 16.0 Å². The van der Waals surface area contributed by atoms with E-state index in [0.29, 0.717) is 13.0 Å². The van der Waals surface area contributed by atoms with E-state index in [1.165, 1.54) is 12.1 Å². The van der Waals surface area contributed by atoms with Gasteiger partial charge in [0.15, 0.2) is 0 Å².